The lowest BCUT2D eigenvalue weighted by Gasteiger charge is -2.49. The van der Waals surface area contributed by atoms with Crippen molar-refractivity contribution in [2.45, 2.75) is 30.0 Å². The van der Waals surface area contributed by atoms with Gasteiger partial charge in [0.2, 0.25) is 17.4 Å². The van der Waals surface area contributed by atoms with E-state index in [0.29, 0.717) is 37.2 Å². The number of nitrogen functional groups attached to an aromatic ring is 1. The molecule has 4 atom stereocenters. The van der Waals surface area contributed by atoms with Gasteiger partial charge in [0.1, 0.15) is 17.1 Å². The molecule has 0 radical (unpaired) electrons. The number of hydrogen-bond donors (Lipinski definition) is 6. The lowest BCUT2D eigenvalue weighted by molar-refractivity contribution is -0.150. The van der Waals surface area contributed by atoms with Crippen LogP contribution in [-0.2, 0) is 19.2 Å². The van der Waals surface area contributed by atoms with Crippen molar-refractivity contribution < 1.29 is 34.6 Å². The van der Waals surface area contributed by atoms with E-state index in [2.05, 4.69) is 25.1 Å². The van der Waals surface area contributed by atoms with Crippen molar-refractivity contribution in [1.82, 2.24) is 29.8 Å². The highest BCUT2D eigenvalue weighted by Gasteiger charge is 2.54. The van der Waals surface area contributed by atoms with Crippen LogP contribution in [0.3, 0.4) is 0 Å². The number of rotatable bonds is 6. The fraction of sp³-hybridized carbons (Fsp3) is 0.450. The van der Waals surface area contributed by atoms with Crippen LogP contribution in [0.1, 0.15) is 12.2 Å². The predicted molar refractivity (Wildman–Crippen MR) is 129 cm³/mol. The van der Waals surface area contributed by atoms with Crippen LogP contribution in [0.25, 0.3) is 0 Å². The highest BCUT2D eigenvalue weighted by atomic mass is 32.2. The molecule has 1 aromatic heterocycles. The Hall–Kier alpha value is -3.54. The summed E-state index contributed by atoms with van der Waals surface area (Å²) in [5, 5.41) is 37.0. The van der Waals surface area contributed by atoms with Crippen LogP contribution in [0.15, 0.2) is 28.1 Å². The van der Waals surface area contributed by atoms with Crippen molar-refractivity contribution in [3.8, 4) is 0 Å². The molecule has 5 heterocycles. The molecule has 15 nitrogen and oxygen atoms in total. The van der Waals surface area contributed by atoms with Crippen molar-refractivity contribution in [2.24, 2.45) is 5.16 Å². The zero-order valence-corrected chi connectivity index (χ0v) is 20.7. The molecule has 4 aliphatic rings. The number of likely N-dealkylation sites (tertiary alicyclic amines) is 1. The maximum absolute atomic E-state index is 13.0. The molecule has 196 valence electrons. The van der Waals surface area contributed by atoms with Crippen LogP contribution in [0.4, 0.5) is 5.13 Å². The Morgan fingerprint density at radius 1 is 1.30 bits per heavy atom. The molecule has 0 aromatic carbocycles. The molecule has 0 spiro atoms. The first-order chi connectivity index (χ1) is 17.7. The molecule has 3 amide bonds. The van der Waals surface area contributed by atoms with Crippen LogP contribution in [0, 0.1) is 0 Å². The normalized spacial score (nSPS) is 29.1. The van der Waals surface area contributed by atoms with Crippen LogP contribution >= 0.6 is 23.3 Å². The summed E-state index contributed by atoms with van der Waals surface area (Å²) >= 11 is 2.02. The summed E-state index contributed by atoms with van der Waals surface area (Å²) in [7, 11) is 0. The van der Waals surface area contributed by atoms with E-state index in [1.54, 1.807) is 4.90 Å². The third kappa shape index (κ3) is 4.32. The minimum atomic E-state index is -1.34. The van der Waals surface area contributed by atoms with Crippen molar-refractivity contribution in [3.63, 3.8) is 0 Å². The molecule has 1 aromatic rings. The number of aliphatic hydroxyl groups is 1. The van der Waals surface area contributed by atoms with Gasteiger partial charge in [0.05, 0.1) is 12.1 Å². The number of aromatic nitrogens is 2. The largest absolute Gasteiger partial charge is 0.477 e. The number of nitrogens with two attached hydrogens (primary N) is 1. The van der Waals surface area contributed by atoms with Gasteiger partial charge in [-0.3, -0.25) is 19.3 Å². The summed E-state index contributed by atoms with van der Waals surface area (Å²) < 4.78 is 3.81. The van der Waals surface area contributed by atoms with E-state index in [4.69, 9.17) is 5.73 Å². The second-order valence-corrected chi connectivity index (χ2v) is 10.5. The molecule has 5 rings (SSSR count). The Balaban J connectivity index is 1.33. The molecule has 7 N–H and O–H groups in total. The maximum atomic E-state index is 13.0. The molecule has 4 aliphatic heterocycles. The van der Waals surface area contributed by atoms with Crippen LogP contribution < -0.4 is 16.4 Å². The number of β-lactam (4-membered cyclic amide) rings is 1. The number of fused-ring (bicyclic) bond motifs is 1. The Morgan fingerprint density at radius 3 is 2.70 bits per heavy atom. The van der Waals surface area contributed by atoms with E-state index in [1.807, 2.05) is 0 Å². The Morgan fingerprint density at radius 2 is 2.08 bits per heavy atom. The number of nitrogens with one attached hydrogen (secondary N) is 2. The fourth-order valence-electron chi connectivity index (χ4n) is 4.75. The number of aliphatic carboxylic acids is 1. The number of β-amino-alcohol motifs (C(OH)–C–C–N with tert-alkyl or cyclic N) is 1. The van der Waals surface area contributed by atoms with E-state index >= 15 is 0 Å². The Bertz CT molecular complexity index is 1280. The summed E-state index contributed by atoms with van der Waals surface area (Å²) in [4.78, 5) is 57.1. The van der Waals surface area contributed by atoms with Crippen LogP contribution in [0.5, 0.6) is 0 Å². The zero-order chi connectivity index (χ0) is 26.4. The zero-order valence-electron chi connectivity index (χ0n) is 19.0. The molecular formula is C20H22N8O7S2. The summed E-state index contributed by atoms with van der Waals surface area (Å²) in [6.45, 7) is 1.28. The first-order valence-electron chi connectivity index (χ1n) is 11.1. The van der Waals surface area contributed by atoms with Gasteiger partial charge in [0.25, 0.3) is 11.8 Å². The predicted octanol–water partition coefficient (Wildman–Crippen LogP) is -2.47. The number of allylic oxidation sites excluding steroid dienone is 1. The van der Waals surface area contributed by atoms with E-state index in [-0.39, 0.29) is 34.4 Å². The lowest BCUT2D eigenvalue weighted by Crippen LogP contribution is -2.71. The number of hydrogen-bond acceptors (Lipinski definition) is 13. The van der Waals surface area contributed by atoms with E-state index in [9.17, 15) is 34.6 Å². The number of thioether (sulfide) groups is 1. The van der Waals surface area contributed by atoms with Crippen LogP contribution in [0.2, 0.25) is 0 Å². The second kappa shape index (κ2) is 9.73. The molecule has 2 unspecified atom stereocenters. The van der Waals surface area contributed by atoms with Crippen molar-refractivity contribution in [3.05, 3.63) is 28.7 Å². The third-order valence-electron chi connectivity index (χ3n) is 6.51. The first-order valence-corrected chi connectivity index (χ1v) is 13.0. The van der Waals surface area contributed by atoms with Crippen molar-refractivity contribution >= 4 is 57.8 Å². The number of amides is 3. The molecule has 0 saturated carbocycles. The number of aliphatic hydroxyl groups excluding tert-OH is 1. The lowest BCUT2D eigenvalue weighted by atomic mass is 10.0. The van der Waals surface area contributed by atoms with Gasteiger partial charge in [-0.25, -0.2) is 4.79 Å². The molecule has 0 bridgehead atoms. The van der Waals surface area contributed by atoms with E-state index in [0.717, 1.165) is 16.4 Å². The summed E-state index contributed by atoms with van der Waals surface area (Å²) in [5.74, 6) is -3.23. The van der Waals surface area contributed by atoms with Gasteiger partial charge in [-0.15, -0.1) is 11.8 Å². The minimum absolute atomic E-state index is 0.0514. The number of oxime groups is 1. The van der Waals surface area contributed by atoms with E-state index < -0.39 is 41.0 Å². The first kappa shape index (κ1) is 25.1. The smallest absolute Gasteiger partial charge is 0.352 e. The van der Waals surface area contributed by atoms with Gasteiger partial charge in [-0.2, -0.15) is 9.36 Å². The quantitative estimate of drug-likeness (QED) is 0.0712. The van der Waals surface area contributed by atoms with Gasteiger partial charge in [0, 0.05) is 42.5 Å². The average Bonchev–Trinajstić information content (AvgIpc) is 3.58. The Kier molecular flexibility index (Phi) is 6.61. The standard InChI is InChI=1S/C20H22N8O7S2/c21-20-24-14(26-37-20)11(25-35)15(30)23-12-17(32)28-13(19(33)34)8(6-36-18(12)28)3-7-1-2-27(16(7)31)9-4-22-5-10(9)29/h3,9-10,12,18,22,29,35H,1-2,4-6H2,(H,23,30)(H,33,34)(H2,21,24,26)/t9?,10?,12-,18-/m1/s1. The molecule has 3 fully saturated rings. The second-order valence-electron chi connectivity index (χ2n) is 8.66. The number of carbonyl (C=O) groups excluding carboxylic acids is 3. The fourth-order valence-corrected chi connectivity index (χ4v) is 6.49. The van der Waals surface area contributed by atoms with Gasteiger partial charge >= 0.3 is 5.97 Å². The molecule has 0 aliphatic carbocycles. The average molecular weight is 551 g/mol. The highest BCUT2D eigenvalue weighted by Crippen LogP contribution is 2.41. The summed E-state index contributed by atoms with van der Waals surface area (Å²) in [5.41, 5.74) is 5.42. The van der Waals surface area contributed by atoms with Gasteiger partial charge < -0.3 is 36.7 Å². The van der Waals surface area contributed by atoms with Gasteiger partial charge in [-0.05, 0) is 18.1 Å². The molecule has 17 heteroatoms. The topological polar surface area (TPSA) is 224 Å². The molecular weight excluding hydrogens is 528 g/mol. The molecule has 3 saturated heterocycles. The monoisotopic (exact) mass is 550 g/mol. The summed E-state index contributed by atoms with van der Waals surface area (Å²) in [6, 6.07) is -1.42. The third-order valence-corrected chi connectivity index (χ3v) is 8.36. The van der Waals surface area contributed by atoms with Gasteiger partial charge in [0.15, 0.2) is 5.13 Å². The summed E-state index contributed by atoms with van der Waals surface area (Å²) in [6.07, 6.45) is 1.23. The Labute approximate surface area is 217 Å². The molecule has 37 heavy (non-hydrogen) atoms. The van der Waals surface area contributed by atoms with Gasteiger partial charge in [-0.1, -0.05) is 5.16 Å². The maximum Gasteiger partial charge on any atom is 0.352 e. The van der Waals surface area contributed by atoms with Crippen LogP contribution in [-0.4, -0.2) is 113 Å². The number of anilines is 1. The number of carboxylic acids is 1. The van der Waals surface area contributed by atoms with Crippen molar-refractivity contribution in [2.75, 3.05) is 31.1 Å². The number of carbonyl (C=O) groups is 4. The number of carboxylic acid groups (broad SMARTS) is 1. The van der Waals surface area contributed by atoms with Crippen molar-refractivity contribution in [1.29, 1.82) is 0 Å². The van der Waals surface area contributed by atoms with E-state index in [1.165, 1.54) is 17.8 Å². The number of nitrogens with zero attached hydrogens (tertiary/aromatic N) is 5. The minimum Gasteiger partial charge on any atom is -0.477 e. The SMILES string of the molecule is Nc1nc(C(=NO)C(=O)N[C@@H]2C(=O)N3C(C(=O)O)=C(C=C4CCN(C5CNCC5O)C4=O)CS[C@H]23)ns1. The highest BCUT2D eigenvalue weighted by molar-refractivity contribution is 8.00.